The van der Waals surface area contributed by atoms with Crippen LogP contribution in [-0.2, 0) is 0 Å². The first kappa shape index (κ1) is 14.1. The summed E-state index contributed by atoms with van der Waals surface area (Å²) in [5.41, 5.74) is -0.00875. The average molecular weight is 339 g/mol. The highest BCUT2D eigenvalue weighted by Crippen LogP contribution is 2.22. The highest BCUT2D eigenvalue weighted by molar-refractivity contribution is 9.10. The van der Waals surface area contributed by atoms with Gasteiger partial charge < -0.3 is 5.32 Å². The van der Waals surface area contributed by atoms with E-state index in [4.69, 9.17) is 0 Å². The van der Waals surface area contributed by atoms with Crippen molar-refractivity contribution >= 4 is 33.2 Å². The van der Waals surface area contributed by atoms with E-state index >= 15 is 0 Å². The van der Waals surface area contributed by atoms with Gasteiger partial charge in [-0.15, -0.1) is 0 Å². The number of carbonyl (C=O) groups excluding carboxylic acids is 1. The highest BCUT2D eigenvalue weighted by atomic mass is 79.9. The molecule has 0 radical (unpaired) electrons. The Morgan fingerprint density at radius 2 is 1.95 bits per heavy atom. The van der Waals surface area contributed by atoms with Gasteiger partial charge >= 0.3 is 0 Å². The van der Waals surface area contributed by atoms with Crippen molar-refractivity contribution < 1.29 is 14.1 Å². The molecule has 0 aliphatic carbocycles. The van der Waals surface area contributed by atoms with Gasteiger partial charge in [-0.1, -0.05) is 12.1 Å². The second kappa shape index (κ2) is 5.79. The molecule has 0 aliphatic rings. The van der Waals surface area contributed by atoms with Gasteiger partial charge in [0.2, 0.25) is 0 Å². The first-order chi connectivity index (χ1) is 9.49. The van der Waals surface area contributed by atoms with Gasteiger partial charge in [-0.05, 0) is 40.2 Å². The van der Waals surface area contributed by atoms with Crippen LogP contribution in [0.2, 0.25) is 0 Å². The summed E-state index contributed by atoms with van der Waals surface area (Å²) in [6.45, 7) is 0. The number of para-hydroxylation sites is 1. The molecule has 0 aliphatic heterocycles. The van der Waals surface area contributed by atoms with E-state index in [2.05, 4.69) is 21.2 Å². The van der Waals surface area contributed by atoms with Gasteiger partial charge in [-0.25, -0.2) is 4.39 Å². The van der Waals surface area contributed by atoms with Crippen molar-refractivity contribution in [2.45, 2.75) is 0 Å². The number of halogens is 2. The third-order valence-corrected chi connectivity index (χ3v) is 3.13. The van der Waals surface area contributed by atoms with Crippen molar-refractivity contribution in [1.82, 2.24) is 0 Å². The molecule has 0 spiro atoms. The van der Waals surface area contributed by atoms with Crippen molar-refractivity contribution in [3.63, 3.8) is 0 Å². The van der Waals surface area contributed by atoms with E-state index in [9.17, 15) is 19.3 Å². The molecule has 0 heterocycles. The lowest BCUT2D eigenvalue weighted by molar-refractivity contribution is -0.385. The van der Waals surface area contributed by atoms with E-state index < -0.39 is 16.6 Å². The molecule has 5 nitrogen and oxygen atoms in total. The van der Waals surface area contributed by atoms with Crippen LogP contribution in [0.1, 0.15) is 10.4 Å². The Bertz CT molecular complexity index is 691. The third kappa shape index (κ3) is 3.00. The second-order valence-electron chi connectivity index (χ2n) is 3.86. The Labute approximate surface area is 121 Å². The Morgan fingerprint density at radius 3 is 2.60 bits per heavy atom. The van der Waals surface area contributed by atoms with Crippen LogP contribution in [0.25, 0.3) is 0 Å². The lowest BCUT2D eigenvalue weighted by Gasteiger charge is -2.06. The number of hydrogen-bond donors (Lipinski definition) is 1. The number of nitrogens with one attached hydrogen (secondary N) is 1. The molecule has 1 N–H and O–H groups in total. The fourth-order valence-corrected chi connectivity index (χ4v) is 1.98. The lowest BCUT2D eigenvalue weighted by atomic mass is 10.1. The lowest BCUT2D eigenvalue weighted by Crippen LogP contribution is -2.13. The van der Waals surface area contributed by atoms with E-state index in [1.165, 1.54) is 42.5 Å². The maximum Gasteiger partial charge on any atom is 0.282 e. The first-order valence-corrected chi connectivity index (χ1v) is 6.28. The molecule has 0 unspecified atom stereocenters. The predicted molar refractivity (Wildman–Crippen MR) is 75.1 cm³/mol. The predicted octanol–water partition coefficient (Wildman–Crippen LogP) is 3.75. The van der Waals surface area contributed by atoms with Crippen molar-refractivity contribution in [2.24, 2.45) is 0 Å². The van der Waals surface area contributed by atoms with E-state index in [0.717, 1.165) is 0 Å². The molecule has 1 amide bonds. The number of benzene rings is 2. The fraction of sp³-hybridized carbons (Fsp3) is 0. The van der Waals surface area contributed by atoms with Crippen LogP contribution < -0.4 is 5.32 Å². The van der Waals surface area contributed by atoms with Gasteiger partial charge in [0.15, 0.2) is 0 Å². The number of amides is 1. The van der Waals surface area contributed by atoms with Crippen LogP contribution in [0.5, 0.6) is 0 Å². The molecule has 0 saturated carbocycles. The number of nitrogens with zero attached hydrogens (tertiary/aromatic N) is 1. The van der Waals surface area contributed by atoms with Crippen LogP contribution in [0.15, 0.2) is 46.9 Å². The molecular weight excluding hydrogens is 331 g/mol. The minimum atomic E-state index is -0.629. The van der Waals surface area contributed by atoms with Crippen molar-refractivity contribution in [2.75, 3.05) is 5.32 Å². The number of anilines is 1. The standard InChI is InChI=1S/C13H8BrFN2O3/c14-10-7-8(5-6-11(10)15)16-13(18)9-3-1-2-4-12(9)17(19)20/h1-7H,(H,16,18). The molecule has 2 rings (SSSR count). The van der Waals surface area contributed by atoms with Crippen molar-refractivity contribution in [3.8, 4) is 0 Å². The van der Waals surface area contributed by atoms with Gasteiger partial charge in [-0.3, -0.25) is 14.9 Å². The second-order valence-corrected chi connectivity index (χ2v) is 4.71. The van der Waals surface area contributed by atoms with Gasteiger partial charge in [-0.2, -0.15) is 0 Å². The van der Waals surface area contributed by atoms with E-state index in [1.54, 1.807) is 0 Å². The summed E-state index contributed by atoms with van der Waals surface area (Å²) in [6.07, 6.45) is 0. The van der Waals surface area contributed by atoms with Gasteiger partial charge in [0, 0.05) is 11.8 Å². The number of nitro benzene ring substituents is 1. The average Bonchev–Trinajstić information content (AvgIpc) is 2.43. The SMILES string of the molecule is O=C(Nc1ccc(F)c(Br)c1)c1ccccc1[N+](=O)[O-]. The topological polar surface area (TPSA) is 72.2 Å². The highest BCUT2D eigenvalue weighted by Gasteiger charge is 2.19. The molecule has 0 saturated heterocycles. The summed E-state index contributed by atoms with van der Waals surface area (Å²) in [5, 5.41) is 13.3. The summed E-state index contributed by atoms with van der Waals surface area (Å²) >= 11 is 3.00. The largest absolute Gasteiger partial charge is 0.322 e. The van der Waals surface area contributed by atoms with Gasteiger partial charge in [0.25, 0.3) is 11.6 Å². The van der Waals surface area contributed by atoms with Crippen LogP contribution in [0.4, 0.5) is 15.8 Å². The van der Waals surface area contributed by atoms with Gasteiger partial charge in [0.05, 0.1) is 9.40 Å². The van der Waals surface area contributed by atoms with Gasteiger partial charge in [0.1, 0.15) is 11.4 Å². The molecule has 7 heteroatoms. The first-order valence-electron chi connectivity index (χ1n) is 5.49. The van der Waals surface area contributed by atoms with E-state index in [1.807, 2.05) is 0 Å². The van der Waals surface area contributed by atoms with E-state index in [0.29, 0.717) is 5.69 Å². The molecule has 2 aromatic carbocycles. The Morgan fingerprint density at radius 1 is 1.25 bits per heavy atom. The monoisotopic (exact) mass is 338 g/mol. The molecule has 0 atom stereocenters. The molecule has 20 heavy (non-hydrogen) atoms. The maximum absolute atomic E-state index is 13.1. The fourth-order valence-electron chi connectivity index (χ4n) is 1.60. The molecule has 102 valence electrons. The molecule has 0 bridgehead atoms. The number of rotatable bonds is 3. The zero-order valence-electron chi connectivity index (χ0n) is 9.97. The summed E-state index contributed by atoms with van der Waals surface area (Å²) < 4.78 is 13.3. The number of carbonyl (C=O) groups is 1. The van der Waals surface area contributed by atoms with Crippen molar-refractivity contribution in [3.05, 3.63) is 68.4 Å². The quantitative estimate of drug-likeness (QED) is 0.684. The Balaban J connectivity index is 2.28. The maximum atomic E-state index is 13.1. The molecule has 2 aromatic rings. The van der Waals surface area contributed by atoms with Crippen LogP contribution >= 0.6 is 15.9 Å². The number of nitro groups is 1. The summed E-state index contributed by atoms with van der Waals surface area (Å²) in [4.78, 5) is 22.2. The third-order valence-electron chi connectivity index (χ3n) is 2.52. The van der Waals surface area contributed by atoms with Crippen LogP contribution in [0, 0.1) is 15.9 Å². The number of hydrogen-bond acceptors (Lipinski definition) is 3. The minimum absolute atomic E-state index is 0.0575. The summed E-state index contributed by atoms with van der Waals surface area (Å²) in [5.74, 6) is -1.09. The normalized spacial score (nSPS) is 10.1. The Hall–Kier alpha value is -2.28. The van der Waals surface area contributed by atoms with E-state index in [-0.39, 0.29) is 15.7 Å². The zero-order valence-corrected chi connectivity index (χ0v) is 11.6. The molecule has 0 fully saturated rings. The Kier molecular flexibility index (Phi) is 4.09. The van der Waals surface area contributed by atoms with Crippen LogP contribution in [0.3, 0.4) is 0 Å². The smallest absolute Gasteiger partial charge is 0.282 e. The van der Waals surface area contributed by atoms with Crippen LogP contribution in [-0.4, -0.2) is 10.8 Å². The molecular formula is C13H8BrFN2O3. The minimum Gasteiger partial charge on any atom is -0.322 e. The summed E-state index contributed by atoms with van der Waals surface area (Å²) in [6, 6.07) is 9.53. The van der Waals surface area contributed by atoms with Crippen molar-refractivity contribution in [1.29, 1.82) is 0 Å². The zero-order chi connectivity index (χ0) is 14.7. The summed E-state index contributed by atoms with van der Waals surface area (Å²) in [7, 11) is 0. The molecule has 0 aromatic heterocycles.